The van der Waals surface area contributed by atoms with E-state index in [9.17, 15) is 14.4 Å². The van der Waals surface area contributed by atoms with Crippen molar-refractivity contribution in [2.45, 2.75) is 59.0 Å². The molecule has 3 N–H and O–H groups in total. The van der Waals surface area contributed by atoms with Gasteiger partial charge in [0, 0.05) is 6.04 Å². The lowest BCUT2D eigenvalue weighted by atomic mass is 9.78. The third kappa shape index (κ3) is 5.66. The summed E-state index contributed by atoms with van der Waals surface area (Å²) >= 11 is 1.36. The van der Waals surface area contributed by atoms with Gasteiger partial charge in [0.05, 0.1) is 18.6 Å². The molecule has 0 spiro atoms. The van der Waals surface area contributed by atoms with Gasteiger partial charge >= 0.3 is 6.03 Å². The van der Waals surface area contributed by atoms with Gasteiger partial charge in [-0.05, 0) is 42.7 Å². The van der Waals surface area contributed by atoms with Gasteiger partial charge in [-0.2, -0.15) is 0 Å². The number of carbonyl (C=O) groups excluding carboxylic acids is 2. The van der Waals surface area contributed by atoms with E-state index in [4.69, 9.17) is 0 Å². The molecule has 1 aliphatic carbocycles. The van der Waals surface area contributed by atoms with Crippen LogP contribution in [-0.2, 0) is 11.3 Å². The number of fused-ring (bicyclic) bond motifs is 1. The van der Waals surface area contributed by atoms with E-state index < -0.39 is 6.03 Å². The summed E-state index contributed by atoms with van der Waals surface area (Å²) in [5, 5.41) is 7.25. The van der Waals surface area contributed by atoms with Crippen molar-refractivity contribution < 1.29 is 9.59 Å². The van der Waals surface area contributed by atoms with Crippen LogP contribution in [0, 0.1) is 11.8 Å². The molecule has 0 unspecified atom stereocenters. The van der Waals surface area contributed by atoms with E-state index >= 15 is 0 Å². The standard InChI is InChI=1S/C21H31N5O3S/c1-4-9-26(11-17-22-16-8-10-30-19(16)20(28)24-17)12-18(27)25-21(29)23-15-7-5-6-13(2)14(15)3/h8,10,13-15H,4-7,9,11-12H2,1-3H3,(H,22,24,28)(H2,23,25,27,29)/t13-,14+,15-/m1/s1. The lowest BCUT2D eigenvalue weighted by Crippen LogP contribution is -2.51. The smallest absolute Gasteiger partial charge is 0.321 e. The number of rotatable bonds is 7. The molecular weight excluding hydrogens is 402 g/mol. The Hall–Kier alpha value is -2.26. The minimum absolute atomic E-state index is 0.0588. The third-order valence-electron chi connectivity index (χ3n) is 5.92. The Morgan fingerprint density at radius 2 is 2.13 bits per heavy atom. The third-order valence-corrected chi connectivity index (χ3v) is 6.82. The van der Waals surface area contributed by atoms with Crippen LogP contribution in [0.3, 0.4) is 0 Å². The predicted octanol–water partition coefficient (Wildman–Crippen LogP) is 2.85. The molecule has 1 fully saturated rings. The van der Waals surface area contributed by atoms with Crippen LogP contribution in [0.5, 0.6) is 0 Å². The van der Waals surface area contributed by atoms with E-state index in [0.717, 1.165) is 19.3 Å². The Morgan fingerprint density at radius 1 is 1.33 bits per heavy atom. The van der Waals surface area contributed by atoms with Crippen LogP contribution in [0.2, 0.25) is 0 Å². The zero-order valence-electron chi connectivity index (χ0n) is 17.9. The minimum atomic E-state index is -0.436. The first kappa shape index (κ1) is 22.4. The number of thiophene rings is 1. The lowest BCUT2D eigenvalue weighted by Gasteiger charge is -2.34. The summed E-state index contributed by atoms with van der Waals surface area (Å²) in [5.74, 6) is 1.11. The first-order chi connectivity index (χ1) is 14.4. The van der Waals surface area contributed by atoms with Gasteiger partial charge in [0.15, 0.2) is 0 Å². The fourth-order valence-electron chi connectivity index (χ4n) is 4.10. The topological polar surface area (TPSA) is 107 Å². The van der Waals surface area contributed by atoms with Gasteiger partial charge in [-0.15, -0.1) is 11.3 Å². The number of H-pyrrole nitrogens is 1. The van der Waals surface area contributed by atoms with Crippen LogP contribution in [0.15, 0.2) is 16.2 Å². The molecule has 8 nitrogen and oxygen atoms in total. The number of nitrogens with zero attached hydrogens (tertiary/aromatic N) is 2. The first-order valence-electron chi connectivity index (χ1n) is 10.7. The van der Waals surface area contributed by atoms with Crippen LogP contribution in [0.1, 0.15) is 52.3 Å². The monoisotopic (exact) mass is 433 g/mol. The average molecular weight is 434 g/mol. The van der Waals surface area contributed by atoms with E-state index in [1.807, 2.05) is 23.3 Å². The number of imide groups is 1. The van der Waals surface area contributed by atoms with Crippen LogP contribution in [-0.4, -0.2) is 45.9 Å². The van der Waals surface area contributed by atoms with E-state index in [2.05, 4.69) is 34.4 Å². The second-order valence-corrected chi connectivity index (χ2v) is 9.17. The van der Waals surface area contributed by atoms with Gasteiger partial charge in [0.2, 0.25) is 5.91 Å². The van der Waals surface area contributed by atoms with Crippen molar-refractivity contribution in [1.82, 2.24) is 25.5 Å². The van der Waals surface area contributed by atoms with Gasteiger partial charge in [-0.25, -0.2) is 9.78 Å². The average Bonchev–Trinajstić information content (AvgIpc) is 3.14. The number of amides is 3. The Labute approximate surface area is 180 Å². The summed E-state index contributed by atoms with van der Waals surface area (Å²) in [6.07, 6.45) is 4.05. The highest BCUT2D eigenvalue weighted by atomic mass is 32.1. The van der Waals surface area contributed by atoms with Crippen molar-refractivity contribution in [3.8, 4) is 0 Å². The molecule has 0 aliphatic heterocycles. The number of nitrogens with one attached hydrogen (secondary N) is 3. The van der Waals surface area contributed by atoms with Crippen LogP contribution < -0.4 is 16.2 Å². The molecule has 1 saturated carbocycles. The molecule has 2 aromatic rings. The Morgan fingerprint density at radius 3 is 2.90 bits per heavy atom. The van der Waals surface area contributed by atoms with Crippen molar-refractivity contribution in [1.29, 1.82) is 0 Å². The summed E-state index contributed by atoms with van der Waals surface area (Å²) in [4.78, 5) is 46.1. The molecule has 0 radical (unpaired) electrons. The molecule has 3 amide bonds. The lowest BCUT2D eigenvalue weighted by molar-refractivity contribution is -0.121. The molecule has 0 aromatic carbocycles. The maximum absolute atomic E-state index is 12.5. The fraction of sp³-hybridized carbons (Fsp3) is 0.619. The molecule has 0 bridgehead atoms. The summed E-state index contributed by atoms with van der Waals surface area (Å²) < 4.78 is 0.599. The highest BCUT2D eigenvalue weighted by molar-refractivity contribution is 7.17. The van der Waals surface area contributed by atoms with Crippen LogP contribution >= 0.6 is 11.3 Å². The highest BCUT2D eigenvalue weighted by Gasteiger charge is 2.28. The Balaban J connectivity index is 1.56. The summed E-state index contributed by atoms with van der Waals surface area (Å²) in [7, 11) is 0. The van der Waals surface area contributed by atoms with Crippen LogP contribution in [0.25, 0.3) is 10.2 Å². The van der Waals surface area contributed by atoms with Crippen LogP contribution in [0.4, 0.5) is 4.79 Å². The largest absolute Gasteiger partial charge is 0.335 e. The molecule has 3 atom stereocenters. The van der Waals surface area contributed by atoms with Crippen molar-refractivity contribution in [3.63, 3.8) is 0 Å². The first-order valence-corrected chi connectivity index (χ1v) is 11.5. The molecular formula is C21H31N5O3S. The number of hydrogen-bond donors (Lipinski definition) is 3. The highest BCUT2D eigenvalue weighted by Crippen LogP contribution is 2.29. The molecule has 164 valence electrons. The Kier molecular flexibility index (Phi) is 7.60. The number of aromatic amines is 1. The number of carbonyl (C=O) groups is 2. The summed E-state index contributed by atoms with van der Waals surface area (Å²) in [6.45, 7) is 7.41. The normalized spacial score (nSPS) is 21.7. The van der Waals surface area contributed by atoms with Crippen molar-refractivity contribution in [3.05, 3.63) is 27.6 Å². The van der Waals surface area contributed by atoms with Gasteiger partial charge in [0.25, 0.3) is 5.56 Å². The van der Waals surface area contributed by atoms with Crippen molar-refractivity contribution >= 4 is 33.5 Å². The van der Waals surface area contributed by atoms with E-state index in [0.29, 0.717) is 41.0 Å². The summed E-state index contributed by atoms with van der Waals surface area (Å²) in [5.41, 5.74) is 0.496. The van der Waals surface area contributed by atoms with Gasteiger partial charge in [-0.1, -0.05) is 33.6 Å². The predicted molar refractivity (Wildman–Crippen MR) is 118 cm³/mol. The number of urea groups is 1. The molecule has 2 heterocycles. The molecule has 9 heteroatoms. The fourth-order valence-corrected chi connectivity index (χ4v) is 4.82. The number of aromatic nitrogens is 2. The molecule has 0 saturated heterocycles. The zero-order valence-corrected chi connectivity index (χ0v) is 18.7. The Bertz CT molecular complexity index is 940. The maximum Gasteiger partial charge on any atom is 0.321 e. The summed E-state index contributed by atoms with van der Waals surface area (Å²) in [6, 6.07) is 1.47. The molecule has 3 rings (SSSR count). The van der Waals surface area contributed by atoms with E-state index in [1.165, 1.54) is 17.8 Å². The molecule has 30 heavy (non-hydrogen) atoms. The van der Waals surface area contributed by atoms with Gasteiger partial charge in [-0.3, -0.25) is 19.8 Å². The zero-order chi connectivity index (χ0) is 21.7. The second kappa shape index (κ2) is 10.2. The maximum atomic E-state index is 12.5. The quantitative estimate of drug-likeness (QED) is 0.622. The van der Waals surface area contributed by atoms with E-state index in [-0.39, 0.29) is 24.1 Å². The van der Waals surface area contributed by atoms with Gasteiger partial charge < -0.3 is 10.3 Å². The van der Waals surface area contributed by atoms with Crippen molar-refractivity contribution in [2.24, 2.45) is 11.8 Å². The van der Waals surface area contributed by atoms with Crippen molar-refractivity contribution in [2.75, 3.05) is 13.1 Å². The molecule has 1 aliphatic rings. The SMILES string of the molecule is CCCN(CC(=O)NC(=O)N[C@@H]1CCC[C@@H](C)[C@@H]1C)Cc1nc2ccsc2c(=O)[nH]1. The second-order valence-electron chi connectivity index (χ2n) is 8.25. The van der Waals surface area contributed by atoms with E-state index in [1.54, 1.807) is 0 Å². The number of hydrogen-bond acceptors (Lipinski definition) is 6. The molecule has 2 aromatic heterocycles. The van der Waals surface area contributed by atoms with Gasteiger partial charge in [0.1, 0.15) is 10.5 Å². The minimum Gasteiger partial charge on any atom is -0.335 e.